The number of carbonyl (C=O) groups excluding carboxylic acids is 1. The lowest BCUT2D eigenvalue weighted by atomic mass is 10.1. The molecule has 4 N–H and O–H groups in total. The quantitative estimate of drug-likeness (QED) is 0.450. The Hall–Kier alpha value is -2.77. The first kappa shape index (κ1) is 21.5. The molecule has 0 aliphatic carbocycles. The van der Waals surface area contributed by atoms with E-state index < -0.39 is 17.2 Å². The summed E-state index contributed by atoms with van der Waals surface area (Å²) in [6.45, 7) is 10.5. The van der Waals surface area contributed by atoms with Crippen molar-refractivity contribution in [1.29, 1.82) is 0 Å². The summed E-state index contributed by atoms with van der Waals surface area (Å²) in [5.74, 6) is 1.59. The molecule has 0 unspecified atom stereocenters. The van der Waals surface area contributed by atoms with Crippen LogP contribution in [0.15, 0.2) is 29.3 Å². The lowest BCUT2D eigenvalue weighted by molar-refractivity contribution is 0.0474. The molecule has 1 amide bonds. The van der Waals surface area contributed by atoms with Gasteiger partial charge in [-0.3, -0.25) is 4.99 Å². The zero-order valence-corrected chi connectivity index (χ0v) is 17.6. The monoisotopic (exact) mass is 388 g/mol. The van der Waals surface area contributed by atoms with Gasteiger partial charge >= 0.3 is 6.09 Å². The lowest BCUT2D eigenvalue weighted by Crippen LogP contribution is -2.54. The molecule has 2 rings (SSSR count). The third kappa shape index (κ3) is 7.09. The first-order valence-electron chi connectivity index (χ1n) is 9.47. The van der Waals surface area contributed by atoms with E-state index in [0.29, 0.717) is 19.0 Å². The first-order chi connectivity index (χ1) is 13.1. The number of fused-ring (bicyclic) bond motifs is 1. The van der Waals surface area contributed by atoms with Crippen molar-refractivity contribution in [2.24, 2.45) is 4.99 Å². The number of benzene rings is 1. The Labute approximate surface area is 166 Å². The molecule has 8 heteroatoms. The van der Waals surface area contributed by atoms with Crippen molar-refractivity contribution < 1.29 is 9.53 Å². The summed E-state index contributed by atoms with van der Waals surface area (Å²) in [6, 6.07) is 7.97. The molecular weight excluding hydrogens is 356 g/mol. The summed E-state index contributed by atoms with van der Waals surface area (Å²) in [4.78, 5) is 24.1. The Bertz CT molecular complexity index is 786. The van der Waals surface area contributed by atoms with Crippen LogP contribution in [-0.2, 0) is 11.2 Å². The van der Waals surface area contributed by atoms with E-state index in [2.05, 4.69) is 30.9 Å². The van der Waals surface area contributed by atoms with E-state index in [1.165, 1.54) is 0 Å². The van der Waals surface area contributed by atoms with E-state index in [4.69, 9.17) is 4.74 Å². The fourth-order valence-electron chi connectivity index (χ4n) is 2.57. The van der Waals surface area contributed by atoms with Crippen LogP contribution < -0.4 is 16.0 Å². The predicted octanol–water partition coefficient (Wildman–Crippen LogP) is 2.57. The van der Waals surface area contributed by atoms with Crippen molar-refractivity contribution in [3.05, 3.63) is 30.1 Å². The molecule has 0 fully saturated rings. The Morgan fingerprint density at radius 2 is 1.89 bits per heavy atom. The minimum atomic E-state index is -0.526. The molecule has 0 aliphatic rings. The molecule has 0 bridgehead atoms. The fraction of sp³-hybridized carbons (Fsp3) is 0.550. The van der Waals surface area contributed by atoms with Crippen LogP contribution in [0.25, 0.3) is 11.0 Å². The highest BCUT2D eigenvalue weighted by molar-refractivity contribution is 5.80. The van der Waals surface area contributed by atoms with Gasteiger partial charge in [-0.15, -0.1) is 0 Å². The number of imidazole rings is 1. The van der Waals surface area contributed by atoms with Crippen LogP contribution in [0.4, 0.5) is 4.79 Å². The zero-order valence-electron chi connectivity index (χ0n) is 17.6. The molecule has 0 saturated heterocycles. The van der Waals surface area contributed by atoms with Gasteiger partial charge in [-0.1, -0.05) is 12.1 Å². The molecule has 28 heavy (non-hydrogen) atoms. The zero-order chi connectivity index (χ0) is 20.8. The van der Waals surface area contributed by atoms with Gasteiger partial charge in [0.2, 0.25) is 0 Å². The number of rotatable bonds is 6. The normalized spacial score (nSPS) is 12.7. The Morgan fingerprint density at radius 1 is 1.18 bits per heavy atom. The molecule has 0 spiro atoms. The minimum Gasteiger partial charge on any atom is -0.444 e. The van der Waals surface area contributed by atoms with Crippen LogP contribution in [0.1, 0.15) is 40.4 Å². The third-order valence-corrected chi connectivity index (χ3v) is 3.85. The van der Waals surface area contributed by atoms with Crippen molar-refractivity contribution in [2.45, 2.75) is 52.2 Å². The molecule has 0 radical (unpaired) electrons. The maximum Gasteiger partial charge on any atom is 0.408 e. The maximum absolute atomic E-state index is 12.0. The molecule has 1 heterocycles. The number of guanidine groups is 1. The minimum absolute atomic E-state index is 0.438. The first-order valence-corrected chi connectivity index (χ1v) is 9.47. The van der Waals surface area contributed by atoms with Gasteiger partial charge in [-0.25, -0.2) is 9.78 Å². The molecule has 0 saturated carbocycles. The van der Waals surface area contributed by atoms with Gasteiger partial charge in [-0.05, 0) is 46.8 Å². The van der Waals surface area contributed by atoms with Gasteiger partial charge in [0.15, 0.2) is 5.96 Å². The highest BCUT2D eigenvalue weighted by Gasteiger charge is 2.24. The number of para-hydroxylation sites is 2. The highest BCUT2D eigenvalue weighted by atomic mass is 16.6. The number of ether oxygens (including phenoxy) is 1. The Balaban J connectivity index is 1.77. The summed E-state index contributed by atoms with van der Waals surface area (Å²) in [7, 11) is 1.71. The van der Waals surface area contributed by atoms with E-state index in [9.17, 15) is 4.79 Å². The molecule has 1 aromatic heterocycles. The SMILES string of the molecule is CN=C(NCCc1nc2ccccc2[nH]1)NCC(C)(C)NC(=O)OC(C)(C)C. The van der Waals surface area contributed by atoms with E-state index in [1.54, 1.807) is 7.05 Å². The average Bonchev–Trinajstić information content (AvgIpc) is 2.98. The maximum atomic E-state index is 12.0. The number of aromatic nitrogens is 2. The Morgan fingerprint density at radius 3 is 2.54 bits per heavy atom. The summed E-state index contributed by atoms with van der Waals surface area (Å²) in [5.41, 5.74) is 0.977. The molecule has 2 aromatic rings. The van der Waals surface area contributed by atoms with E-state index in [1.807, 2.05) is 58.9 Å². The van der Waals surface area contributed by atoms with Crippen molar-refractivity contribution in [3.63, 3.8) is 0 Å². The van der Waals surface area contributed by atoms with Gasteiger partial charge in [0, 0.05) is 26.6 Å². The lowest BCUT2D eigenvalue weighted by Gasteiger charge is -2.29. The fourth-order valence-corrected chi connectivity index (χ4v) is 2.57. The van der Waals surface area contributed by atoms with Crippen LogP contribution in [-0.4, -0.2) is 53.3 Å². The third-order valence-electron chi connectivity index (χ3n) is 3.85. The molecule has 1 aromatic carbocycles. The summed E-state index contributed by atoms with van der Waals surface area (Å²) >= 11 is 0. The molecular formula is C20H32N6O2. The molecule has 8 nitrogen and oxygen atoms in total. The number of aliphatic imine (C=N–C) groups is 1. The predicted molar refractivity (Wildman–Crippen MR) is 113 cm³/mol. The Kier molecular flexibility index (Phi) is 6.88. The number of nitrogens with one attached hydrogen (secondary N) is 4. The second kappa shape index (κ2) is 8.95. The van der Waals surface area contributed by atoms with Crippen LogP contribution in [0, 0.1) is 0 Å². The number of carbonyl (C=O) groups is 1. The standard InChI is InChI=1S/C20H32N6O2/c1-19(2,3)28-18(27)26-20(4,5)13-23-17(21-6)22-12-11-16-24-14-9-7-8-10-15(14)25-16/h7-10H,11-13H2,1-6H3,(H,24,25)(H,26,27)(H2,21,22,23). The number of aromatic amines is 1. The van der Waals surface area contributed by atoms with Crippen molar-refractivity contribution in [3.8, 4) is 0 Å². The van der Waals surface area contributed by atoms with Crippen molar-refractivity contribution >= 4 is 23.1 Å². The van der Waals surface area contributed by atoms with Gasteiger partial charge in [-0.2, -0.15) is 0 Å². The number of hydrogen-bond donors (Lipinski definition) is 4. The van der Waals surface area contributed by atoms with Crippen LogP contribution >= 0.6 is 0 Å². The van der Waals surface area contributed by atoms with Crippen LogP contribution in [0.5, 0.6) is 0 Å². The number of H-pyrrole nitrogens is 1. The molecule has 0 atom stereocenters. The molecule has 154 valence electrons. The number of amides is 1. The van der Waals surface area contributed by atoms with E-state index >= 15 is 0 Å². The summed E-state index contributed by atoms with van der Waals surface area (Å²) in [5, 5.41) is 9.36. The van der Waals surface area contributed by atoms with Crippen LogP contribution in [0.2, 0.25) is 0 Å². The number of alkyl carbamates (subject to hydrolysis) is 1. The summed E-state index contributed by atoms with van der Waals surface area (Å²) < 4.78 is 5.31. The van der Waals surface area contributed by atoms with Gasteiger partial charge < -0.3 is 25.7 Å². The van der Waals surface area contributed by atoms with E-state index in [-0.39, 0.29) is 0 Å². The van der Waals surface area contributed by atoms with Gasteiger partial charge in [0.05, 0.1) is 16.6 Å². The average molecular weight is 389 g/mol. The number of nitrogens with zero attached hydrogens (tertiary/aromatic N) is 2. The van der Waals surface area contributed by atoms with E-state index in [0.717, 1.165) is 23.3 Å². The van der Waals surface area contributed by atoms with Crippen molar-refractivity contribution in [1.82, 2.24) is 25.9 Å². The topological polar surface area (TPSA) is 103 Å². The second-order valence-electron chi connectivity index (χ2n) is 8.31. The smallest absolute Gasteiger partial charge is 0.408 e. The van der Waals surface area contributed by atoms with Gasteiger partial charge in [0.25, 0.3) is 0 Å². The molecule has 0 aliphatic heterocycles. The number of hydrogen-bond acceptors (Lipinski definition) is 4. The largest absolute Gasteiger partial charge is 0.444 e. The highest BCUT2D eigenvalue weighted by Crippen LogP contribution is 2.10. The second-order valence-corrected chi connectivity index (χ2v) is 8.31. The summed E-state index contributed by atoms with van der Waals surface area (Å²) in [6.07, 6.45) is 0.307. The van der Waals surface area contributed by atoms with Crippen LogP contribution in [0.3, 0.4) is 0 Å². The van der Waals surface area contributed by atoms with Gasteiger partial charge in [0.1, 0.15) is 11.4 Å². The van der Waals surface area contributed by atoms with Crippen molar-refractivity contribution in [2.75, 3.05) is 20.1 Å².